The summed E-state index contributed by atoms with van der Waals surface area (Å²) in [7, 11) is 0. The number of aliphatic hydroxyl groups is 1. The molecular weight excluding hydrogens is 182 g/mol. The third-order valence-electron chi connectivity index (χ3n) is 1.97. The van der Waals surface area contributed by atoms with Gasteiger partial charge in [-0.15, -0.1) is 0 Å². The SMILES string of the molecule is O=[N+]([O-])C[C@@H](O)CCc1ccccc1. The van der Waals surface area contributed by atoms with E-state index in [4.69, 9.17) is 0 Å². The lowest BCUT2D eigenvalue weighted by Gasteiger charge is -2.05. The van der Waals surface area contributed by atoms with Gasteiger partial charge in [0.25, 0.3) is 0 Å². The fourth-order valence-corrected chi connectivity index (χ4v) is 1.24. The van der Waals surface area contributed by atoms with Crippen molar-refractivity contribution < 1.29 is 10.0 Å². The van der Waals surface area contributed by atoms with Crippen molar-refractivity contribution in [2.45, 2.75) is 18.9 Å². The standard InChI is InChI=1S/C10H13NO3/c12-10(8-11(13)14)7-6-9-4-2-1-3-5-9/h1-5,10,12H,6-8H2/t10-/m0/s1. The zero-order valence-electron chi connectivity index (χ0n) is 7.80. The lowest BCUT2D eigenvalue weighted by atomic mass is 10.1. The highest BCUT2D eigenvalue weighted by Gasteiger charge is 2.10. The highest BCUT2D eigenvalue weighted by atomic mass is 16.6. The van der Waals surface area contributed by atoms with Crippen molar-refractivity contribution in [3.8, 4) is 0 Å². The second kappa shape index (κ2) is 5.34. The number of hydrogen-bond acceptors (Lipinski definition) is 3. The maximum Gasteiger partial charge on any atom is 0.229 e. The first kappa shape index (κ1) is 10.7. The molecule has 4 heteroatoms. The first-order chi connectivity index (χ1) is 6.68. The molecule has 14 heavy (non-hydrogen) atoms. The third kappa shape index (κ3) is 4.00. The van der Waals surface area contributed by atoms with E-state index >= 15 is 0 Å². The van der Waals surface area contributed by atoms with E-state index in [0.29, 0.717) is 12.8 Å². The number of nitro groups is 1. The van der Waals surface area contributed by atoms with Gasteiger partial charge in [0.1, 0.15) is 6.10 Å². The summed E-state index contributed by atoms with van der Waals surface area (Å²) in [6.45, 7) is -0.368. The van der Waals surface area contributed by atoms with Crippen molar-refractivity contribution in [1.82, 2.24) is 0 Å². The van der Waals surface area contributed by atoms with Crippen molar-refractivity contribution in [3.63, 3.8) is 0 Å². The molecule has 0 fully saturated rings. The van der Waals surface area contributed by atoms with Crippen LogP contribution in [0.2, 0.25) is 0 Å². The second-order valence-corrected chi connectivity index (χ2v) is 3.19. The average Bonchev–Trinajstić information content (AvgIpc) is 2.15. The zero-order valence-corrected chi connectivity index (χ0v) is 7.80. The zero-order chi connectivity index (χ0) is 10.4. The van der Waals surface area contributed by atoms with Gasteiger partial charge in [-0.2, -0.15) is 0 Å². The van der Waals surface area contributed by atoms with Crippen molar-refractivity contribution in [3.05, 3.63) is 46.0 Å². The third-order valence-corrected chi connectivity index (χ3v) is 1.97. The van der Waals surface area contributed by atoms with Gasteiger partial charge in [0.05, 0.1) is 0 Å². The Balaban J connectivity index is 2.30. The van der Waals surface area contributed by atoms with E-state index in [0.717, 1.165) is 5.56 Å². The van der Waals surface area contributed by atoms with E-state index in [1.54, 1.807) is 0 Å². The molecule has 0 aliphatic rings. The number of benzene rings is 1. The van der Waals surface area contributed by atoms with Crippen LogP contribution in [0.4, 0.5) is 0 Å². The molecule has 0 radical (unpaired) electrons. The lowest BCUT2D eigenvalue weighted by molar-refractivity contribution is -0.490. The number of nitrogens with zero attached hydrogens (tertiary/aromatic N) is 1. The Kier molecular flexibility index (Phi) is 4.07. The molecule has 0 amide bonds. The van der Waals surface area contributed by atoms with E-state index in [2.05, 4.69) is 0 Å². The molecule has 0 aliphatic carbocycles. The van der Waals surface area contributed by atoms with Gasteiger partial charge in [0, 0.05) is 4.92 Å². The predicted octanol–water partition coefficient (Wildman–Crippen LogP) is 1.26. The number of rotatable bonds is 5. The van der Waals surface area contributed by atoms with Crippen LogP contribution in [0.25, 0.3) is 0 Å². The van der Waals surface area contributed by atoms with E-state index in [-0.39, 0.29) is 6.54 Å². The fourth-order valence-electron chi connectivity index (χ4n) is 1.24. The van der Waals surface area contributed by atoms with Gasteiger partial charge in [0.2, 0.25) is 6.54 Å². The highest BCUT2D eigenvalue weighted by Crippen LogP contribution is 2.04. The maximum atomic E-state index is 10.1. The van der Waals surface area contributed by atoms with E-state index < -0.39 is 11.0 Å². The number of hydrogen-bond donors (Lipinski definition) is 1. The molecule has 1 rings (SSSR count). The van der Waals surface area contributed by atoms with Crippen molar-refractivity contribution >= 4 is 0 Å². The van der Waals surface area contributed by atoms with E-state index in [1.807, 2.05) is 30.3 Å². The molecular formula is C10H13NO3. The molecule has 76 valence electrons. The van der Waals surface area contributed by atoms with Crippen LogP contribution in [0.15, 0.2) is 30.3 Å². The van der Waals surface area contributed by atoms with Gasteiger partial charge < -0.3 is 5.11 Å². The smallest absolute Gasteiger partial charge is 0.229 e. The molecule has 0 unspecified atom stereocenters. The van der Waals surface area contributed by atoms with Gasteiger partial charge >= 0.3 is 0 Å². The second-order valence-electron chi connectivity index (χ2n) is 3.19. The normalized spacial score (nSPS) is 12.4. The number of aryl methyl sites for hydroxylation is 1. The minimum Gasteiger partial charge on any atom is -0.386 e. The van der Waals surface area contributed by atoms with Gasteiger partial charge in [-0.25, -0.2) is 0 Å². The van der Waals surface area contributed by atoms with Gasteiger partial charge in [-0.1, -0.05) is 30.3 Å². The monoisotopic (exact) mass is 195 g/mol. The molecule has 0 bridgehead atoms. The van der Waals surface area contributed by atoms with E-state index in [9.17, 15) is 15.2 Å². The summed E-state index contributed by atoms with van der Waals surface area (Å²) < 4.78 is 0. The molecule has 0 saturated carbocycles. The summed E-state index contributed by atoms with van der Waals surface area (Å²) in [6, 6.07) is 9.62. The first-order valence-electron chi connectivity index (χ1n) is 4.52. The Morgan fingerprint density at radius 1 is 1.36 bits per heavy atom. The molecule has 0 saturated heterocycles. The van der Waals surface area contributed by atoms with Crippen LogP contribution in [0.5, 0.6) is 0 Å². The predicted molar refractivity (Wildman–Crippen MR) is 52.6 cm³/mol. The Labute approximate surface area is 82.3 Å². The Bertz CT molecular complexity index is 287. The minimum absolute atomic E-state index is 0.368. The van der Waals surface area contributed by atoms with Gasteiger partial charge in [0.15, 0.2) is 0 Å². The van der Waals surface area contributed by atoms with Crippen LogP contribution in [0.1, 0.15) is 12.0 Å². The van der Waals surface area contributed by atoms with Crippen LogP contribution in [-0.4, -0.2) is 22.7 Å². The van der Waals surface area contributed by atoms with Crippen molar-refractivity contribution in [1.29, 1.82) is 0 Å². The Morgan fingerprint density at radius 2 is 2.00 bits per heavy atom. The van der Waals surface area contributed by atoms with Crippen LogP contribution in [0.3, 0.4) is 0 Å². The van der Waals surface area contributed by atoms with Gasteiger partial charge in [-0.05, 0) is 18.4 Å². The molecule has 0 heterocycles. The minimum atomic E-state index is -0.842. The van der Waals surface area contributed by atoms with Crippen molar-refractivity contribution in [2.75, 3.05) is 6.54 Å². The summed E-state index contributed by atoms with van der Waals surface area (Å²) >= 11 is 0. The summed E-state index contributed by atoms with van der Waals surface area (Å²) in [6.07, 6.45) is 0.270. The summed E-state index contributed by atoms with van der Waals surface area (Å²) in [4.78, 5) is 9.58. The van der Waals surface area contributed by atoms with Crippen LogP contribution >= 0.6 is 0 Å². The Hall–Kier alpha value is -1.42. The lowest BCUT2D eigenvalue weighted by Crippen LogP contribution is -2.19. The molecule has 0 spiro atoms. The van der Waals surface area contributed by atoms with Crippen molar-refractivity contribution in [2.24, 2.45) is 0 Å². The largest absolute Gasteiger partial charge is 0.386 e. The molecule has 4 nitrogen and oxygen atoms in total. The van der Waals surface area contributed by atoms with Crippen LogP contribution < -0.4 is 0 Å². The molecule has 1 N–H and O–H groups in total. The first-order valence-corrected chi connectivity index (χ1v) is 4.52. The van der Waals surface area contributed by atoms with Crippen LogP contribution in [0, 0.1) is 10.1 Å². The summed E-state index contributed by atoms with van der Waals surface area (Å²) in [5, 5.41) is 19.3. The molecule has 1 aromatic rings. The highest BCUT2D eigenvalue weighted by molar-refractivity contribution is 5.14. The van der Waals surface area contributed by atoms with Crippen LogP contribution in [-0.2, 0) is 6.42 Å². The summed E-state index contributed by atoms with van der Waals surface area (Å²) in [5.74, 6) is 0. The molecule has 1 atom stereocenters. The van der Waals surface area contributed by atoms with E-state index in [1.165, 1.54) is 0 Å². The fraction of sp³-hybridized carbons (Fsp3) is 0.400. The number of aliphatic hydroxyl groups excluding tert-OH is 1. The quantitative estimate of drug-likeness (QED) is 0.568. The summed E-state index contributed by atoms with van der Waals surface area (Å²) in [5.41, 5.74) is 1.09. The molecule has 0 aliphatic heterocycles. The Morgan fingerprint density at radius 3 is 2.57 bits per heavy atom. The molecule has 1 aromatic carbocycles. The molecule has 0 aromatic heterocycles. The average molecular weight is 195 g/mol. The maximum absolute atomic E-state index is 10.1. The van der Waals surface area contributed by atoms with Gasteiger partial charge in [-0.3, -0.25) is 10.1 Å². The topological polar surface area (TPSA) is 63.4 Å².